The summed E-state index contributed by atoms with van der Waals surface area (Å²) in [6, 6.07) is 4.11. The summed E-state index contributed by atoms with van der Waals surface area (Å²) < 4.78 is 16.3. The number of likely N-dealkylation sites (tertiary alicyclic amines) is 1. The molecule has 0 saturated carbocycles. The van der Waals surface area contributed by atoms with Crippen molar-refractivity contribution < 1.29 is 14.2 Å². The number of hydrogen-bond acceptors (Lipinski definition) is 4. The van der Waals surface area contributed by atoms with E-state index in [1.54, 1.807) is 21.3 Å². The largest absolute Gasteiger partial charge is 0.493 e. The lowest BCUT2D eigenvalue weighted by molar-refractivity contribution is 0.305. The maximum atomic E-state index is 5.44. The molecule has 0 unspecified atom stereocenters. The Morgan fingerprint density at radius 1 is 0.909 bits per heavy atom. The number of allylic oxidation sites excluding steroid dienone is 2. The van der Waals surface area contributed by atoms with E-state index in [1.165, 1.54) is 31.5 Å². The first-order valence-electron chi connectivity index (χ1n) is 7.91. The number of nitrogens with zero attached hydrogens (tertiary/aromatic N) is 1. The van der Waals surface area contributed by atoms with Gasteiger partial charge >= 0.3 is 0 Å². The van der Waals surface area contributed by atoms with Crippen LogP contribution in [0.1, 0.15) is 18.4 Å². The minimum Gasteiger partial charge on any atom is -0.493 e. The second-order valence-corrected chi connectivity index (χ2v) is 6.19. The van der Waals surface area contributed by atoms with E-state index >= 15 is 0 Å². The van der Waals surface area contributed by atoms with E-state index in [0.717, 1.165) is 29.9 Å². The number of methoxy groups -OCH3 is 3. The van der Waals surface area contributed by atoms with Crippen LogP contribution in [0.2, 0.25) is 0 Å². The zero-order chi connectivity index (χ0) is 15.5. The molecule has 120 valence electrons. The predicted octanol–water partition coefficient (Wildman–Crippen LogP) is 3.11. The molecule has 2 atom stereocenters. The maximum absolute atomic E-state index is 5.44. The Kier molecular flexibility index (Phi) is 4.57. The Bertz CT molecular complexity index is 514. The number of hydrogen-bond donors (Lipinski definition) is 0. The van der Waals surface area contributed by atoms with Gasteiger partial charge in [0.1, 0.15) is 0 Å². The summed E-state index contributed by atoms with van der Waals surface area (Å²) in [5, 5.41) is 0. The zero-order valence-electron chi connectivity index (χ0n) is 13.7. The van der Waals surface area contributed by atoms with Gasteiger partial charge in [0.15, 0.2) is 11.5 Å². The molecule has 0 aromatic heterocycles. The molecule has 22 heavy (non-hydrogen) atoms. The van der Waals surface area contributed by atoms with Crippen molar-refractivity contribution in [2.75, 3.05) is 34.4 Å². The van der Waals surface area contributed by atoms with Gasteiger partial charge in [-0.15, -0.1) is 0 Å². The third-order valence-corrected chi connectivity index (χ3v) is 4.83. The summed E-state index contributed by atoms with van der Waals surface area (Å²) in [5.74, 6) is 3.78. The van der Waals surface area contributed by atoms with Gasteiger partial charge in [-0.25, -0.2) is 0 Å². The van der Waals surface area contributed by atoms with E-state index in [0.29, 0.717) is 5.75 Å². The number of benzene rings is 1. The molecule has 1 fully saturated rings. The van der Waals surface area contributed by atoms with Crippen LogP contribution in [0.15, 0.2) is 24.3 Å². The molecule has 0 amide bonds. The highest BCUT2D eigenvalue weighted by molar-refractivity contribution is 5.53. The van der Waals surface area contributed by atoms with Crippen LogP contribution < -0.4 is 14.2 Å². The fraction of sp³-hybridized carbons (Fsp3) is 0.556. The van der Waals surface area contributed by atoms with Crippen LogP contribution in [-0.2, 0) is 6.54 Å². The van der Waals surface area contributed by atoms with Crippen molar-refractivity contribution in [3.63, 3.8) is 0 Å². The molecule has 0 radical (unpaired) electrons. The zero-order valence-corrected chi connectivity index (χ0v) is 13.7. The monoisotopic (exact) mass is 303 g/mol. The molecule has 4 nitrogen and oxygen atoms in total. The standard InChI is InChI=1S/C18H25NO3/c1-20-16-8-13(9-17(21-2)18(16)22-3)10-19-11-14-6-4-5-7-15(14)12-19/h4-5,8-9,14-15H,6-7,10-12H2,1-3H3/t14-,15-/m0/s1. The minimum atomic E-state index is 0.660. The molecule has 0 N–H and O–H groups in total. The van der Waals surface area contributed by atoms with Crippen molar-refractivity contribution in [3.05, 3.63) is 29.8 Å². The van der Waals surface area contributed by atoms with Crippen LogP contribution in [0.5, 0.6) is 17.2 Å². The second-order valence-electron chi connectivity index (χ2n) is 6.19. The van der Waals surface area contributed by atoms with Gasteiger partial charge in [0.2, 0.25) is 5.75 Å². The lowest BCUT2D eigenvalue weighted by Crippen LogP contribution is -2.20. The van der Waals surface area contributed by atoms with Crippen LogP contribution >= 0.6 is 0 Å². The van der Waals surface area contributed by atoms with Gasteiger partial charge in [-0.05, 0) is 42.4 Å². The Morgan fingerprint density at radius 3 is 1.91 bits per heavy atom. The van der Waals surface area contributed by atoms with Crippen molar-refractivity contribution in [1.29, 1.82) is 0 Å². The number of fused-ring (bicyclic) bond motifs is 1. The summed E-state index contributed by atoms with van der Waals surface area (Å²) in [6.45, 7) is 3.31. The highest BCUT2D eigenvalue weighted by Crippen LogP contribution is 2.39. The van der Waals surface area contributed by atoms with E-state index in [9.17, 15) is 0 Å². The average Bonchev–Trinajstić information content (AvgIpc) is 2.95. The molecule has 2 aliphatic rings. The topological polar surface area (TPSA) is 30.9 Å². The van der Waals surface area contributed by atoms with Crippen molar-refractivity contribution in [2.24, 2.45) is 11.8 Å². The summed E-state index contributed by atoms with van der Waals surface area (Å²) >= 11 is 0. The van der Waals surface area contributed by atoms with E-state index < -0.39 is 0 Å². The van der Waals surface area contributed by atoms with Crippen LogP contribution in [0.25, 0.3) is 0 Å². The summed E-state index contributed by atoms with van der Waals surface area (Å²) in [4.78, 5) is 2.54. The Morgan fingerprint density at radius 2 is 1.45 bits per heavy atom. The minimum absolute atomic E-state index is 0.660. The fourth-order valence-electron chi connectivity index (χ4n) is 3.73. The molecule has 0 bridgehead atoms. The van der Waals surface area contributed by atoms with Crippen LogP contribution in [0.3, 0.4) is 0 Å². The van der Waals surface area contributed by atoms with Gasteiger partial charge in [-0.1, -0.05) is 12.2 Å². The molecule has 3 rings (SSSR count). The summed E-state index contributed by atoms with van der Waals surface area (Å²) in [6.07, 6.45) is 7.14. The van der Waals surface area contributed by atoms with Crippen molar-refractivity contribution in [3.8, 4) is 17.2 Å². The van der Waals surface area contributed by atoms with Crippen molar-refractivity contribution in [1.82, 2.24) is 4.90 Å². The molecule has 1 aromatic carbocycles. The molecular weight excluding hydrogens is 278 g/mol. The smallest absolute Gasteiger partial charge is 0.203 e. The van der Waals surface area contributed by atoms with Crippen LogP contribution in [0, 0.1) is 11.8 Å². The molecule has 1 saturated heterocycles. The van der Waals surface area contributed by atoms with Gasteiger partial charge in [-0.3, -0.25) is 4.90 Å². The Labute approximate surface area is 132 Å². The Hall–Kier alpha value is -1.68. The first kappa shape index (κ1) is 15.2. The highest BCUT2D eigenvalue weighted by atomic mass is 16.5. The molecule has 1 heterocycles. The average molecular weight is 303 g/mol. The van der Waals surface area contributed by atoms with Gasteiger partial charge < -0.3 is 14.2 Å². The lowest BCUT2D eigenvalue weighted by atomic mass is 9.86. The summed E-state index contributed by atoms with van der Waals surface area (Å²) in [7, 11) is 4.96. The fourth-order valence-corrected chi connectivity index (χ4v) is 3.73. The quantitative estimate of drug-likeness (QED) is 0.782. The second kappa shape index (κ2) is 6.61. The molecular formula is C18H25NO3. The van der Waals surface area contributed by atoms with Crippen molar-refractivity contribution in [2.45, 2.75) is 19.4 Å². The molecule has 0 spiro atoms. The lowest BCUT2D eigenvalue weighted by Gasteiger charge is -2.18. The first-order chi connectivity index (χ1) is 10.7. The summed E-state index contributed by atoms with van der Waals surface area (Å²) in [5.41, 5.74) is 1.21. The van der Waals surface area contributed by atoms with E-state index in [1.807, 2.05) is 0 Å². The van der Waals surface area contributed by atoms with Crippen LogP contribution in [0.4, 0.5) is 0 Å². The third kappa shape index (κ3) is 2.93. The molecule has 1 aliphatic heterocycles. The van der Waals surface area contributed by atoms with E-state index in [2.05, 4.69) is 29.2 Å². The third-order valence-electron chi connectivity index (χ3n) is 4.83. The van der Waals surface area contributed by atoms with Crippen LogP contribution in [-0.4, -0.2) is 39.3 Å². The van der Waals surface area contributed by atoms with E-state index in [-0.39, 0.29) is 0 Å². The molecule has 1 aromatic rings. The Balaban J connectivity index is 1.75. The van der Waals surface area contributed by atoms with Gasteiger partial charge in [0, 0.05) is 19.6 Å². The molecule has 4 heteroatoms. The normalized spacial score (nSPS) is 24.1. The number of ether oxygens (including phenoxy) is 3. The van der Waals surface area contributed by atoms with E-state index in [4.69, 9.17) is 14.2 Å². The highest BCUT2D eigenvalue weighted by Gasteiger charge is 2.32. The van der Waals surface area contributed by atoms with Crippen molar-refractivity contribution >= 4 is 0 Å². The van der Waals surface area contributed by atoms with Gasteiger partial charge in [0.05, 0.1) is 21.3 Å². The van der Waals surface area contributed by atoms with Gasteiger partial charge in [-0.2, -0.15) is 0 Å². The van der Waals surface area contributed by atoms with Gasteiger partial charge in [0.25, 0.3) is 0 Å². The maximum Gasteiger partial charge on any atom is 0.203 e. The molecule has 1 aliphatic carbocycles. The predicted molar refractivity (Wildman–Crippen MR) is 86.7 cm³/mol. The first-order valence-corrected chi connectivity index (χ1v) is 7.91. The SMILES string of the molecule is COc1cc(CN2C[C@@H]3CC=CC[C@H]3C2)cc(OC)c1OC. The number of rotatable bonds is 5.